The molecule has 0 unspecified atom stereocenters. The third-order valence-corrected chi connectivity index (χ3v) is 0. The van der Waals surface area contributed by atoms with Gasteiger partial charge in [-0.25, -0.2) is 0 Å². The van der Waals surface area contributed by atoms with Gasteiger partial charge in [-0.05, 0) is 0 Å². The van der Waals surface area contributed by atoms with Crippen molar-refractivity contribution >= 4 is 41.1 Å². The standard InChI is InChI=1S/4CH4.2Al.BHN.HN.4H/c;;;;;;1-2;;;;;/h4*1H4;;;2H;1H;;;;. The van der Waals surface area contributed by atoms with Crippen LogP contribution in [-0.2, 0) is 0 Å². The van der Waals surface area contributed by atoms with Crippen molar-refractivity contribution in [3.63, 3.8) is 0 Å². The zero-order valence-electron chi connectivity index (χ0n) is 2.28. The first-order valence-corrected chi connectivity index (χ1v) is 1.35. The predicted molar refractivity (Wildman–Crippen MR) is 55.2 cm³/mol. The van der Waals surface area contributed by atoms with Crippen molar-refractivity contribution in [2.45, 2.75) is 29.7 Å². The average Bonchev–Trinajstić information content (AvgIpc) is 1.50. The van der Waals surface area contributed by atoms with Gasteiger partial charge in [0.25, 0.3) is 0 Å². The molecule has 57 valence electrons. The molecule has 0 amide bonds. The van der Waals surface area contributed by atoms with Crippen LogP contribution in [0, 0.1) is 9.66 Å². The summed E-state index contributed by atoms with van der Waals surface area (Å²) in [6, 6.07) is 0. The molecule has 2 nitrogen and oxygen atoms in total. The van der Waals surface area contributed by atoms with E-state index in [9.17, 15) is 0 Å². The second kappa shape index (κ2) is 979. The van der Waals surface area contributed by atoms with Crippen LogP contribution in [0.15, 0.2) is 0 Å². The van der Waals surface area contributed by atoms with E-state index in [0.29, 0.717) is 0 Å². The molecule has 0 fully saturated rings. The summed E-state index contributed by atoms with van der Waals surface area (Å²) < 4.78 is 5.78. The molecule has 0 rings (SSSR count). The Morgan fingerprint density at radius 3 is 0.778 bits per heavy atom. The second-order valence-corrected chi connectivity index (χ2v) is 0. The summed E-state index contributed by atoms with van der Waals surface area (Å²) in [5.74, 6) is 0. The Morgan fingerprint density at radius 1 is 0.778 bits per heavy atom. The van der Waals surface area contributed by atoms with E-state index in [-0.39, 0.29) is 47.1 Å². The van der Waals surface area contributed by atoms with Gasteiger partial charge >= 0.3 is 33.4 Å². The molecule has 1 radical (unpaired) electrons. The van der Waals surface area contributed by atoms with E-state index in [4.69, 9.17) is 9.66 Å². The summed E-state index contributed by atoms with van der Waals surface area (Å²) in [6.07, 6.45) is 0. The van der Waals surface area contributed by atoms with E-state index >= 15 is 0 Å². The Morgan fingerprint density at radius 2 is 0.778 bits per heavy atom. The molecule has 0 heterocycles. The first-order chi connectivity index (χ1) is 2.00. The monoisotopic (exact) mass is 163 g/mol. The molecule has 0 bridgehead atoms. The minimum absolute atomic E-state index is 0. The van der Waals surface area contributed by atoms with Crippen molar-refractivity contribution in [2.24, 2.45) is 0 Å². The second-order valence-electron chi connectivity index (χ2n) is 0. The van der Waals surface area contributed by atoms with Gasteiger partial charge in [0, 0.05) is 0 Å². The minimum atomic E-state index is 0. The van der Waals surface area contributed by atoms with Gasteiger partial charge in [-0.3, -0.25) is 0 Å². The Kier molecular flexibility index (Phi) is 10800. The van der Waals surface area contributed by atoms with Gasteiger partial charge in [-0.1, -0.05) is 29.7 Å². The summed E-state index contributed by atoms with van der Waals surface area (Å²) in [7, 11) is 3.75. The summed E-state index contributed by atoms with van der Waals surface area (Å²) in [6.45, 7) is 0. The van der Waals surface area contributed by atoms with Crippen LogP contribution < -0.4 is 0 Å². The van der Waals surface area contributed by atoms with Crippen molar-refractivity contribution in [3.05, 3.63) is 0 Å². The summed E-state index contributed by atoms with van der Waals surface area (Å²) in [4.78, 5) is 0. The van der Waals surface area contributed by atoms with Gasteiger partial charge in [0.1, 0.15) is 0 Å². The fourth-order valence-corrected chi connectivity index (χ4v) is 0. The summed E-state index contributed by atoms with van der Waals surface area (Å²) in [5, 5.41) is 5.25. The molecule has 2 N–H and O–H groups in total. The first kappa shape index (κ1) is 99.5. The number of hydrogen-bond donors (Lipinski definition) is 2. The van der Waals surface area contributed by atoms with E-state index in [0.717, 1.165) is 16.1 Å². The van der Waals surface area contributed by atoms with Gasteiger partial charge in [0.15, 0.2) is 17.4 Å². The molecule has 0 saturated carbocycles. The molecule has 0 aromatic rings. The van der Waals surface area contributed by atoms with Crippen LogP contribution in [0.25, 0.3) is 0 Å². The number of hydrogen-bond acceptors (Lipinski definition) is 2. The predicted octanol–water partition coefficient (Wildman–Crippen LogP) is 0.927. The van der Waals surface area contributed by atoms with E-state index in [2.05, 4.69) is 7.64 Å². The van der Waals surface area contributed by atoms with Crippen molar-refractivity contribution in [1.82, 2.24) is 0 Å². The topological polar surface area (TPSA) is 47.7 Å². The van der Waals surface area contributed by atoms with Gasteiger partial charge in [0.05, 0.1) is 0 Å². The fraction of sp³-hybridized carbons (Fsp3) is 1.00. The molecule has 0 atom stereocenters. The molecule has 5 heteroatoms. The SMILES string of the molecule is C.C.C.C.[AlH3].[B]=N.[NH]=[AlH]. The van der Waals surface area contributed by atoms with Crippen molar-refractivity contribution in [1.29, 1.82) is 9.66 Å². The van der Waals surface area contributed by atoms with Gasteiger partial charge in [-0.2, -0.15) is 0 Å². The third kappa shape index (κ3) is 742. The Balaban J connectivity index is -0.00000000114. The molecule has 0 aliphatic rings. The van der Waals surface area contributed by atoms with E-state index in [1.165, 1.54) is 0 Å². The normalized spacial score (nSPS) is 0.667. The van der Waals surface area contributed by atoms with Gasteiger partial charge in [0.2, 0.25) is 0 Å². The van der Waals surface area contributed by atoms with Crippen LogP contribution in [0.2, 0.25) is 0 Å². The third-order valence-electron chi connectivity index (χ3n) is 0. The molecular weight excluding hydrogens is 141 g/mol. The van der Waals surface area contributed by atoms with Crippen molar-refractivity contribution < 1.29 is 0 Å². The molecule has 0 aliphatic carbocycles. The molecule has 0 aliphatic heterocycles. The first-order valence-electron chi connectivity index (χ1n) is 0.642. The Labute approximate surface area is 80.5 Å². The average molecular weight is 163 g/mol. The molecule has 0 spiro atoms. The van der Waals surface area contributed by atoms with Crippen LogP contribution in [0.3, 0.4) is 0 Å². The maximum absolute atomic E-state index is 5.78. The van der Waals surface area contributed by atoms with Crippen LogP contribution in [0.4, 0.5) is 0 Å². The number of rotatable bonds is 0. The molecule has 0 aromatic carbocycles. The zero-order chi connectivity index (χ0) is 4.00. The Bertz CT molecular complexity index is 18.5. The van der Waals surface area contributed by atoms with Gasteiger partial charge < -0.3 is 0 Å². The maximum atomic E-state index is 5.78. The summed E-state index contributed by atoms with van der Waals surface area (Å²) >= 11 is 1.11. The van der Waals surface area contributed by atoms with Gasteiger partial charge in [-0.15, -0.1) is 0 Å². The molecule has 0 aromatic heterocycles. The van der Waals surface area contributed by atoms with E-state index in [1.807, 2.05) is 0 Å². The Hall–Kier alpha value is 0.730. The van der Waals surface area contributed by atoms with E-state index < -0.39 is 0 Å². The fourth-order valence-electron chi connectivity index (χ4n) is 0. The van der Waals surface area contributed by atoms with E-state index in [1.54, 1.807) is 0 Å². The summed E-state index contributed by atoms with van der Waals surface area (Å²) in [5.41, 5.74) is 0. The van der Waals surface area contributed by atoms with Crippen LogP contribution in [-0.4, -0.2) is 41.1 Å². The molecule has 9 heavy (non-hydrogen) atoms. The van der Waals surface area contributed by atoms with Crippen LogP contribution in [0.5, 0.6) is 0 Å². The van der Waals surface area contributed by atoms with Crippen molar-refractivity contribution in [3.8, 4) is 0 Å². The molecule has 0 saturated heterocycles. The quantitative estimate of drug-likeness (QED) is 0.499. The van der Waals surface area contributed by atoms with Crippen LogP contribution >= 0.6 is 0 Å². The molecular formula is C4H22Al2BN2. The van der Waals surface area contributed by atoms with Crippen LogP contribution in [0.1, 0.15) is 29.7 Å². The zero-order valence-corrected chi connectivity index (χ0v) is 3.70. The number of nitrogens with one attached hydrogen (secondary N) is 2. The van der Waals surface area contributed by atoms with Crippen molar-refractivity contribution in [2.75, 3.05) is 0 Å².